The predicted octanol–water partition coefficient (Wildman–Crippen LogP) is 3.08. The fourth-order valence-electron chi connectivity index (χ4n) is 3.10. The fourth-order valence-corrected chi connectivity index (χ4v) is 3.26. The van der Waals surface area contributed by atoms with Crippen LogP contribution in [0.2, 0.25) is 0 Å². The summed E-state index contributed by atoms with van der Waals surface area (Å²) in [6.07, 6.45) is 4.63. The van der Waals surface area contributed by atoms with Crippen molar-refractivity contribution in [1.82, 2.24) is 9.91 Å². The van der Waals surface area contributed by atoms with Gasteiger partial charge in [-0.25, -0.2) is 0 Å². The van der Waals surface area contributed by atoms with E-state index < -0.39 is 0 Å². The number of alkyl halides is 1. The minimum atomic E-state index is -0.0343. The number of hydrogen-bond donors (Lipinski definition) is 0. The van der Waals surface area contributed by atoms with E-state index in [-0.39, 0.29) is 11.7 Å². The normalized spacial score (nSPS) is 29.6. The van der Waals surface area contributed by atoms with Crippen molar-refractivity contribution >= 4 is 17.9 Å². The van der Waals surface area contributed by atoms with Gasteiger partial charge in [0.2, 0.25) is 0 Å². The lowest BCUT2D eigenvalue weighted by Gasteiger charge is -2.44. The summed E-state index contributed by atoms with van der Waals surface area (Å²) >= 11 is 6.22. The zero-order valence-electron chi connectivity index (χ0n) is 12.5. The van der Waals surface area contributed by atoms with Gasteiger partial charge in [-0.05, 0) is 25.3 Å². The van der Waals surface area contributed by atoms with Crippen LogP contribution in [-0.2, 0) is 11.3 Å². The van der Waals surface area contributed by atoms with E-state index in [9.17, 15) is 0 Å². The topological polar surface area (TPSA) is 28.1 Å². The predicted molar refractivity (Wildman–Crippen MR) is 84.9 cm³/mol. The number of rotatable bonds is 5. The van der Waals surface area contributed by atoms with E-state index in [1.54, 1.807) is 0 Å². The molecule has 21 heavy (non-hydrogen) atoms. The molecule has 0 saturated heterocycles. The lowest BCUT2D eigenvalue weighted by molar-refractivity contribution is -0.0784. The third kappa shape index (κ3) is 3.16. The monoisotopic (exact) mass is 307 g/mol. The van der Waals surface area contributed by atoms with Crippen molar-refractivity contribution in [3.63, 3.8) is 0 Å². The van der Waals surface area contributed by atoms with E-state index in [0.717, 1.165) is 12.8 Å². The van der Waals surface area contributed by atoms with Gasteiger partial charge in [-0.15, -0.1) is 0 Å². The fraction of sp³-hybridized carbons (Fsp3) is 0.562. The molecule has 0 N–H and O–H groups in total. The summed E-state index contributed by atoms with van der Waals surface area (Å²) < 4.78 is 5.97. The molecule has 1 aliphatic heterocycles. The average molecular weight is 308 g/mol. The molecule has 0 unspecified atom stereocenters. The van der Waals surface area contributed by atoms with Crippen LogP contribution < -0.4 is 0 Å². The third-order valence-corrected chi connectivity index (χ3v) is 4.57. The summed E-state index contributed by atoms with van der Waals surface area (Å²) in [5, 5.41) is 6.36. The van der Waals surface area contributed by atoms with Crippen LogP contribution in [0.1, 0.15) is 25.3 Å². The highest BCUT2D eigenvalue weighted by Crippen LogP contribution is 2.38. The molecule has 4 nitrogen and oxygen atoms in total. The summed E-state index contributed by atoms with van der Waals surface area (Å²) in [6, 6.07) is 10.3. The van der Waals surface area contributed by atoms with E-state index in [0.29, 0.717) is 18.6 Å². The Bertz CT molecular complexity index is 488. The zero-order valence-corrected chi connectivity index (χ0v) is 13.3. The van der Waals surface area contributed by atoms with Crippen molar-refractivity contribution < 1.29 is 4.74 Å². The third-order valence-electron chi connectivity index (χ3n) is 4.35. The first-order valence-corrected chi connectivity index (χ1v) is 7.93. The van der Waals surface area contributed by atoms with Crippen molar-refractivity contribution in [2.75, 3.05) is 7.05 Å². The van der Waals surface area contributed by atoms with Crippen LogP contribution in [0, 0.1) is 5.92 Å². The summed E-state index contributed by atoms with van der Waals surface area (Å²) in [7, 11) is 2.01. The molecule has 0 aromatic heterocycles. The SMILES string of the molecule is C[C@@H](Cl)N1C=NN(C)[C@@H]1C1CC(OCc2ccccc2)C1. The molecular weight excluding hydrogens is 286 g/mol. The second kappa shape index (κ2) is 6.24. The average Bonchev–Trinajstić information content (AvgIpc) is 2.80. The molecule has 114 valence electrons. The summed E-state index contributed by atoms with van der Waals surface area (Å²) in [5.41, 5.74) is 1.20. The van der Waals surface area contributed by atoms with Gasteiger partial charge in [0.15, 0.2) is 0 Å². The number of ether oxygens (including phenoxy) is 1. The van der Waals surface area contributed by atoms with E-state index in [1.807, 2.05) is 43.5 Å². The Kier molecular flexibility index (Phi) is 4.36. The van der Waals surface area contributed by atoms with Crippen molar-refractivity contribution in [3.8, 4) is 0 Å². The smallest absolute Gasteiger partial charge is 0.123 e. The number of hydrazone groups is 1. The molecular formula is C16H22ClN3O. The van der Waals surface area contributed by atoms with E-state index in [4.69, 9.17) is 16.3 Å². The summed E-state index contributed by atoms with van der Waals surface area (Å²) in [5.74, 6) is 0.569. The van der Waals surface area contributed by atoms with Gasteiger partial charge in [-0.2, -0.15) is 5.10 Å². The lowest BCUT2D eigenvalue weighted by atomic mass is 9.79. The molecule has 0 radical (unpaired) electrons. The van der Waals surface area contributed by atoms with Crippen molar-refractivity contribution in [1.29, 1.82) is 0 Å². The van der Waals surface area contributed by atoms with Crippen LogP contribution in [0.4, 0.5) is 0 Å². The van der Waals surface area contributed by atoms with Crippen molar-refractivity contribution in [3.05, 3.63) is 35.9 Å². The van der Waals surface area contributed by atoms with Crippen LogP contribution >= 0.6 is 11.6 Å². The number of halogens is 1. The molecule has 0 amide bonds. The Labute approximate surface area is 131 Å². The molecule has 1 aromatic carbocycles. The molecule has 0 bridgehead atoms. The molecule has 1 aromatic rings. The van der Waals surface area contributed by atoms with Gasteiger partial charge >= 0.3 is 0 Å². The molecule has 1 aliphatic carbocycles. The van der Waals surface area contributed by atoms with E-state index in [2.05, 4.69) is 22.1 Å². The van der Waals surface area contributed by atoms with Gasteiger partial charge in [0.05, 0.1) is 12.7 Å². The molecule has 0 spiro atoms. The van der Waals surface area contributed by atoms with Crippen molar-refractivity contribution in [2.24, 2.45) is 11.0 Å². The van der Waals surface area contributed by atoms with Gasteiger partial charge in [0.25, 0.3) is 0 Å². The summed E-state index contributed by atoms with van der Waals surface area (Å²) in [6.45, 7) is 2.69. The van der Waals surface area contributed by atoms with Crippen LogP contribution in [0.15, 0.2) is 35.4 Å². The number of hydrogen-bond acceptors (Lipinski definition) is 4. The highest BCUT2D eigenvalue weighted by Gasteiger charge is 2.42. The van der Waals surface area contributed by atoms with Gasteiger partial charge in [-0.1, -0.05) is 41.9 Å². The maximum atomic E-state index is 6.22. The van der Waals surface area contributed by atoms with Gasteiger partial charge in [0.1, 0.15) is 18.0 Å². The minimum Gasteiger partial charge on any atom is -0.374 e. The van der Waals surface area contributed by atoms with Gasteiger partial charge in [0, 0.05) is 13.0 Å². The molecule has 2 aliphatic rings. The number of benzene rings is 1. The second-order valence-electron chi connectivity index (χ2n) is 5.89. The van der Waals surface area contributed by atoms with E-state index >= 15 is 0 Å². The molecule has 3 rings (SSSR count). The van der Waals surface area contributed by atoms with Crippen LogP contribution in [0.25, 0.3) is 0 Å². The molecule has 5 heteroatoms. The van der Waals surface area contributed by atoms with Crippen LogP contribution in [0.5, 0.6) is 0 Å². The second-order valence-corrected chi connectivity index (χ2v) is 6.52. The van der Waals surface area contributed by atoms with Crippen LogP contribution in [-0.4, -0.2) is 41.1 Å². The Balaban J connectivity index is 1.47. The largest absolute Gasteiger partial charge is 0.374 e. The Morgan fingerprint density at radius 1 is 1.33 bits per heavy atom. The highest BCUT2D eigenvalue weighted by atomic mass is 35.5. The summed E-state index contributed by atoms with van der Waals surface area (Å²) in [4.78, 5) is 2.12. The first-order valence-electron chi connectivity index (χ1n) is 7.49. The quantitative estimate of drug-likeness (QED) is 0.618. The first-order chi connectivity index (χ1) is 10.1. The van der Waals surface area contributed by atoms with Gasteiger partial charge < -0.3 is 9.64 Å². The molecule has 1 saturated carbocycles. The standard InChI is InChI=1S/C16H22ClN3O/c1-12(17)20-11-18-19(2)16(20)14-8-15(9-14)21-10-13-6-4-3-5-7-13/h3-7,11-12,14-16H,8-10H2,1-2H3/t12-,14?,15?,16-/m0/s1. The van der Waals surface area contributed by atoms with E-state index in [1.165, 1.54) is 5.56 Å². The Morgan fingerprint density at radius 2 is 2.05 bits per heavy atom. The Hall–Kier alpha value is -1.26. The minimum absolute atomic E-state index is 0.0343. The molecule has 1 fully saturated rings. The zero-order chi connectivity index (χ0) is 14.8. The first kappa shape index (κ1) is 14.7. The van der Waals surface area contributed by atoms with Gasteiger partial charge in [-0.3, -0.25) is 5.01 Å². The number of nitrogens with zero attached hydrogens (tertiary/aromatic N) is 3. The molecule has 1 heterocycles. The van der Waals surface area contributed by atoms with Crippen molar-refractivity contribution in [2.45, 2.75) is 44.1 Å². The lowest BCUT2D eigenvalue weighted by Crippen LogP contribution is -2.51. The Morgan fingerprint density at radius 3 is 2.71 bits per heavy atom. The maximum absolute atomic E-state index is 6.22. The van der Waals surface area contributed by atoms with Crippen LogP contribution in [0.3, 0.4) is 0 Å². The highest BCUT2D eigenvalue weighted by molar-refractivity contribution is 6.20. The molecule has 2 atom stereocenters. The maximum Gasteiger partial charge on any atom is 0.123 e.